The highest BCUT2D eigenvalue weighted by Crippen LogP contribution is 2.39. The summed E-state index contributed by atoms with van der Waals surface area (Å²) in [7, 11) is 0. The third-order valence-corrected chi connectivity index (χ3v) is 6.04. The van der Waals surface area contributed by atoms with Crippen molar-refractivity contribution in [3.63, 3.8) is 0 Å². The minimum Gasteiger partial charge on any atom is -0.480 e. The Bertz CT molecular complexity index is 560. The zero-order valence-electron chi connectivity index (χ0n) is 14.2. The first kappa shape index (κ1) is 16.1. The second-order valence-corrected chi connectivity index (χ2v) is 8.03. The van der Waals surface area contributed by atoms with Crippen LogP contribution >= 0.6 is 0 Å². The zero-order valence-corrected chi connectivity index (χ0v) is 14.2. The molecule has 2 N–H and O–H groups in total. The number of carbonyl (C=O) groups is 1. The normalized spacial score (nSPS) is 32.2. The van der Waals surface area contributed by atoms with E-state index in [1.807, 2.05) is 0 Å². The van der Waals surface area contributed by atoms with Crippen molar-refractivity contribution >= 4 is 5.97 Å². The van der Waals surface area contributed by atoms with Crippen LogP contribution in [0.3, 0.4) is 0 Å². The van der Waals surface area contributed by atoms with Gasteiger partial charge in [0.1, 0.15) is 0 Å². The lowest BCUT2D eigenvalue weighted by Gasteiger charge is -2.47. The highest BCUT2D eigenvalue weighted by Gasteiger charge is 2.39. The fourth-order valence-electron chi connectivity index (χ4n) is 4.26. The van der Waals surface area contributed by atoms with Gasteiger partial charge in [-0.15, -0.1) is 0 Å². The number of nitrogens with zero attached hydrogens (tertiary/aromatic N) is 1. The molecule has 4 nitrogen and oxygen atoms in total. The van der Waals surface area contributed by atoms with Crippen molar-refractivity contribution in [2.45, 2.75) is 62.6 Å². The van der Waals surface area contributed by atoms with Crippen molar-refractivity contribution in [1.29, 1.82) is 0 Å². The van der Waals surface area contributed by atoms with E-state index in [4.69, 9.17) is 5.11 Å². The summed E-state index contributed by atoms with van der Waals surface area (Å²) in [5.74, 6) is 0.796. The molecule has 3 fully saturated rings. The first-order chi connectivity index (χ1) is 11.7. The number of benzene rings is 1. The molecule has 0 saturated heterocycles. The lowest BCUT2D eigenvalue weighted by Crippen LogP contribution is -2.57. The van der Waals surface area contributed by atoms with Gasteiger partial charge in [-0.25, -0.2) is 0 Å². The molecule has 0 heterocycles. The summed E-state index contributed by atoms with van der Waals surface area (Å²) >= 11 is 0. The van der Waals surface area contributed by atoms with E-state index in [0.29, 0.717) is 18.1 Å². The summed E-state index contributed by atoms with van der Waals surface area (Å²) < 4.78 is 0. The van der Waals surface area contributed by atoms with Crippen LogP contribution in [0.2, 0.25) is 0 Å². The summed E-state index contributed by atoms with van der Waals surface area (Å²) in [6, 6.07) is 12.5. The summed E-state index contributed by atoms with van der Waals surface area (Å²) in [5.41, 5.74) is 1.47. The molecule has 1 aromatic rings. The maximum Gasteiger partial charge on any atom is 0.317 e. The molecule has 0 unspecified atom stereocenters. The van der Waals surface area contributed by atoms with Gasteiger partial charge in [0.05, 0.1) is 6.54 Å². The van der Waals surface area contributed by atoms with Crippen LogP contribution in [-0.4, -0.2) is 47.2 Å². The van der Waals surface area contributed by atoms with Crippen molar-refractivity contribution in [3.8, 4) is 0 Å². The Morgan fingerprint density at radius 3 is 2.38 bits per heavy atom. The van der Waals surface area contributed by atoms with Gasteiger partial charge in [-0.3, -0.25) is 9.69 Å². The third kappa shape index (κ3) is 3.81. The van der Waals surface area contributed by atoms with Gasteiger partial charge < -0.3 is 10.4 Å². The molecule has 3 saturated carbocycles. The smallest absolute Gasteiger partial charge is 0.317 e. The van der Waals surface area contributed by atoms with E-state index in [9.17, 15) is 4.79 Å². The van der Waals surface area contributed by atoms with Crippen LogP contribution in [0.1, 0.15) is 50.0 Å². The maximum atomic E-state index is 11.1. The molecule has 4 rings (SSSR count). The minimum absolute atomic E-state index is 0.216. The van der Waals surface area contributed by atoms with Gasteiger partial charge in [0.15, 0.2) is 0 Å². The Hall–Kier alpha value is -1.39. The van der Waals surface area contributed by atoms with Crippen LogP contribution in [0, 0.1) is 5.92 Å². The fourth-order valence-corrected chi connectivity index (χ4v) is 4.26. The van der Waals surface area contributed by atoms with Crippen LogP contribution in [0.5, 0.6) is 0 Å². The van der Waals surface area contributed by atoms with Crippen molar-refractivity contribution in [2.24, 2.45) is 5.92 Å². The standard InChI is InChI=1S/C20H28N2O2/c23-20(24)13-22(12-14-6-7-14)19-10-18(11-19)21-17-8-16(9-17)15-4-2-1-3-5-15/h1-5,14,16-19,21H,6-13H2,(H,23,24). The first-order valence-electron chi connectivity index (χ1n) is 9.44. The topological polar surface area (TPSA) is 52.6 Å². The average molecular weight is 328 g/mol. The van der Waals surface area contributed by atoms with E-state index in [2.05, 4.69) is 40.5 Å². The molecule has 0 radical (unpaired) electrons. The van der Waals surface area contributed by atoms with Crippen molar-refractivity contribution in [2.75, 3.05) is 13.1 Å². The SMILES string of the molecule is O=C(O)CN(CC1CC1)C1CC(NC2CC(c3ccccc3)C2)C1. The highest BCUT2D eigenvalue weighted by atomic mass is 16.4. The maximum absolute atomic E-state index is 11.1. The van der Waals surface area contributed by atoms with Gasteiger partial charge in [-0.1, -0.05) is 30.3 Å². The molecule has 0 aliphatic heterocycles. The van der Waals surface area contributed by atoms with Crippen LogP contribution in [0.4, 0.5) is 0 Å². The fraction of sp³-hybridized carbons (Fsp3) is 0.650. The molecule has 0 atom stereocenters. The number of hydrogen-bond acceptors (Lipinski definition) is 3. The Labute approximate surface area is 144 Å². The summed E-state index contributed by atoms with van der Waals surface area (Å²) in [5, 5.41) is 12.9. The highest BCUT2D eigenvalue weighted by molar-refractivity contribution is 5.69. The number of hydrogen-bond donors (Lipinski definition) is 2. The van der Waals surface area contributed by atoms with Gasteiger partial charge in [-0.05, 0) is 55.9 Å². The van der Waals surface area contributed by atoms with Gasteiger partial charge in [0.25, 0.3) is 0 Å². The molecular weight excluding hydrogens is 300 g/mol. The quantitative estimate of drug-likeness (QED) is 0.770. The molecule has 0 aromatic heterocycles. The number of carboxylic acid groups (broad SMARTS) is 1. The Balaban J connectivity index is 1.18. The molecule has 0 spiro atoms. The molecule has 4 heteroatoms. The molecular formula is C20H28N2O2. The number of carboxylic acids is 1. The van der Waals surface area contributed by atoms with E-state index in [1.165, 1.54) is 31.2 Å². The molecule has 130 valence electrons. The monoisotopic (exact) mass is 328 g/mol. The molecule has 3 aliphatic rings. The van der Waals surface area contributed by atoms with Crippen LogP contribution in [0.15, 0.2) is 30.3 Å². The molecule has 0 amide bonds. The van der Waals surface area contributed by atoms with E-state index in [-0.39, 0.29) is 6.54 Å². The number of rotatable bonds is 8. The van der Waals surface area contributed by atoms with E-state index >= 15 is 0 Å². The van der Waals surface area contributed by atoms with Crippen molar-refractivity contribution in [1.82, 2.24) is 10.2 Å². The van der Waals surface area contributed by atoms with Gasteiger partial charge >= 0.3 is 5.97 Å². The van der Waals surface area contributed by atoms with Crippen LogP contribution < -0.4 is 5.32 Å². The summed E-state index contributed by atoms with van der Waals surface area (Å²) in [6.07, 6.45) is 7.29. The zero-order chi connectivity index (χ0) is 16.5. The Morgan fingerprint density at radius 1 is 1.08 bits per heavy atom. The lowest BCUT2D eigenvalue weighted by atomic mass is 9.74. The molecule has 3 aliphatic carbocycles. The van der Waals surface area contributed by atoms with Gasteiger partial charge in [-0.2, -0.15) is 0 Å². The second-order valence-electron chi connectivity index (χ2n) is 8.03. The van der Waals surface area contributed by atoms with E-state index in [0.717, 1.165) is 31.2 Å². The Kier molecular flexibility index (Phi) is 4.59. The Morgan fingerprint density at radius 2 is 1.75 bits per heavy atom. The average Bonchev–Trinajstić information content (AvgIpc) is 3.28. The minimum atomic E-state index is -0.684. The number of nitrogens with one attached hydrogen (secondary N) is 1. The van der Waals surface area contributed by atoms with Crippen LogP contribution in [-0.2, 0) is 4.79 Å². The summed E-state index contributed by atoms with van der Waals surface area (Å²) in [6.45, 7) is 1.20. The second kappa shape index (κ2) is 6.85. The lowest BCUT2D eigenvalue weighted by molar-refractivity contribution is -0.139. The molecule has 24 heavy (non-hydrogen) atoms. The number of aliphatic carboxylic acids is 1. The van der Waals surface area contributed by atoms with Gasteiger partial charge in [0.2, 0.25) is 0 Å². The predicted octanol–water partition coefficient (Wildman–Crippen LogP) is 2.85. The largest absolute Gasteiger partial charge is 0.480 e. The molecule has 0 bridgehead atoms. The summed E-state index contributed by atoms with van der Waals surface area (Å²) in [4.78, 5) is 13.3. The predicted molar refractivity (Wildman–Crippen MR) is 94.1 cm³/mol. The van der Waals surface area contributed by atoms with Crippen molar-refractivity contribution < 1.29 is 9.90 Å². The molecule has 1 aromatic carbocycles. The van der Waals surface area contributed by atoms with Gasteiger partial charge in [0, 0.05) is 24.7 Å². The van der Waals surface area contributed by atoms with E-state index in [1.54, 1.807) is 0 Å². The van der Waals surface area contributed by atoms with Crippen LogP contribution in [0.25, 0.3) is 0 Å². The van der Waals surface area contributed by atoms with E-state index < -0.39 is 5.97 Å². The van der Waals surface area contributed by atoms with Crippen molar-refractivity contribution in [3.05, 3.63) is 35.9 Å². The first-order valence-corrected chi connectivity index (χ1v) is 9.44. The third-order valence-electron chi connectivity index (χ3n) is 6.04.